The minimum atomic E-state index is -0.923. The lowest BCUT2D eigenvalue weighted by Gasteiger charge is -2.21. The van der Waals surface area contributed by atoms with E-state index in [4.69, 9.17) is 4.42 Å². The van der Waals surface area contributed by atoms with Gasteiger partial charge in [0.1, 0.15) is 12.4 Å². The smallest absolute Gasteiger partial charge is 0.286 e. The van der Waals surface area contributed by atoms with Crippen molar-refractivity contribution in [3.05, 3.63) is 101 Å². The Kier molecular flexibility index (Phi) is 7.42. The Morgan fingerprint density at radius 2 is 1.62 bits per heavy atom. The number of hydrogen-bond acceptors (Lipinski definition) is 7. The fourth-order valence-electron chi connectivity index (χ4n) is 3.99. The molecule has 0 fully saturated rings. The number of benzene rings is 2. The lowest BCUT2D eigenvalue weighted by atomic mass is 9.85. The topological polar surface area (TPSA) is 120 Å². The highest BCUT2D eigenvalue weighted by molar-refractivity contribution is 5.98. The summed E-state index contributed by atoms with van der Waals surface area (Å²) in [6.07, 6.45) is 1.41. The molecule has 37 heavy (non-hydrogen) atoms. The molecular weight excluding hydrogens is 470 g/mol. The molecule has 0 saturated heterocycles. The van der Waals surface area contributed by atoms with Crippen molar-refractivity contribution in [2.75, 3.05) is 0 Å². The van der Waals surface area contributed by atoms with Gasteiger partial charge in [-0.25, -0.2) is 4.98 Å². The van der Waals surface area contributed by atoms with Crippen molar-refractivity contribution in [1.82, 2.24) is 25.1 Å². The van der Waals surface area contributed by atoms with Gasteiger partial charge in [-0.05, 0) is 25.3 Å². The Labute approximate surface area is 214 Å². The number of aromatic nitrogens is 4. The number of carbonyl (C=O) groups excluding carboxylic acids is 2. The zero-order chi connectivity index (χ0) is 26.6. The molecule has 0 radical (unpaired) electrons. The highest BCUT2D eigenvalue weighted by Crippen LogP contribution is 2.30. The van der Waals surface area contributed by atoms with E-state index >= 15 is 0 Å². The van der Waals surface area contributed by atoms with E-state index in [1.54, 1.807) is 26.0 Å². The molecule has 0 spiro atoms. The van der Waals surface area contributed by atoms with Gasteiger partial charge in [-0.2, -0.15) is 0 Å². The molecule has 0 saturated carbocycles. The molecule has 190 valence electrons. The van der Waals surface area contributed by atoms with Crippen LogP contribution >= 0.6 is 0 Å². The maximum Gasteiger partial charge on any atom is 0.286 e. The molecule has 4 rings (SSSR count). The third-order valence-electron chi connectivity index (χ3n) is 6.20. The average molecular weight is 500 g/mol. The number of nitrogens with one attached hydrogen (secondary N) is 1. The van der Waals surface area contributed by atoms with E-state index in [1.807, 2.05) is 62.4 Å². The van der Waals surface area contributed by atoms with Crippen molar-refractivity contribution in [1.29, 1.82) is 0 Å². The third kappa shape index (κ3) is 5.55. The Morgan fingerprint density at radius 3 is 2.27 bits per heavy atom. The molecular formula is C28H29N5O4. The molecule has 4 aromatic rings. The van der Waals surface area contributed by atoms with Crippen LogP contribution in [0.15, 0.2) is 82.1 Å². The van der Waals surface area contributed by atoms with Crippen LogP contribution < -0.4 is 10.9 Å². The maximum absolute atomic E-state index is 13.3. The average Bonchev–Trinajstić information content (AvgIpc) is 3.40. The normalized spacial score (nSPS) is 12.4. The van der Waals surface area contributed by atoms with Crippen LogP contribution in [0.3, 0.4) is 0 Å². The number of Topliss-reactive ketones (excluding diaryl/α,β-unsaturated/α-hetero) is 1. The van der Waals surface area contributed by atoms with Crippen LogP contribution in [0.5, 0.6) is 0 Å². The summed E-state index contributed by atoms with van der Waals surface area (Å²) in [6.45, 7) is 7.17. The second-order valence-electron chi connectivity index (χ2n) is 9.62. The molecule has 2 aromatic carbocycles. The summed E-state index contributed by atoms with van der Waals surface area (Å²) >= 11 is 0. The highest BCUT2D eigenvalue weighted by Gasteiger charge is 2.34. The van der Waals surface area contributed by atoms with Crippen molar-refractivity contribution in [2.24, 2.45) is 5.92 Å². The first-order valence-electron chi connectivity index (χ1n) is 12.0. The van der Waals surface area contributed by atoms with E-state index < -0.39 is 23.1 Å². The number of nitrogens with zero attached hydrogens (tertiary/aromatic N) is 4. The Balaban J connectivity index is 1.54. The summed E-state index contributed by atoms with van der Waals surface area (Å²) in [7, 11) is 0. The van der Waals surface area contributed by atoms with E-state index in [2.05, 4.69) is 20.5 Å². The van der Waals surface area contributed by atoms with Crippen molar-refractivity contribution < 1.29 is 14.0 Å². The first kappa shape index (κ1) is 25.7. The van der Waals surface area contributed by atoms with Crippen molar-refractivity contribution in [3.8, 4) is 11.4 Å². The van der Waals surface area contributed by atoms with Crippen molar-refractivity contribution in [3.63, 3.8) is 0 Å². The van der Waals surface area contributed by atoms with Gasteiger partial charge in [-0.15, -0.1) is 10.2 Å². The molecule has 2 aromatic heterocycles. The highest BCUT2D eigenvalue weighted by atomic mass is 16.4. The summed E-state index contributed by atoms with van der Waals surface area (Å²) in [5.41, 5.74) is 0.672. The van der Waals surface area contributed by atoms with E-state index in [0.717, 1.165) is 5.56 Å². The Morgan fingerprint density at radius 1 is 0.973 bits per heavy atom. The van der Waals surface area contributed by atoms with Gasteiger partial charge in [0.05, 0.1) is 11.5 Å². The SMILES string of the molecule is CC(C)C(NC(=O)Cn1c(-c2ccccc2)nccc1=O)C(=O)c1nnc(C(C)(C)c2ccccc2)o1. The zero-order valence-electron chi connectivity index (χ0n) is 21.2. The van der Waals surface area contributed by atoms with Gasteiger partial charge in [-0.3, -0.25) is 19.0 Å². The van der Waals surface area contributed by atoms with Crippen molar-refractivity contribution in [2.45, 2.75) is 45.7 Å². The molecule has 2 heterocycles. The minimum absolute atomic E-state index is 0.179. The summed E-state index contributed by atoms with van der Waals surface area (Å²) in [6, 6.07) is 19.1. The number of hydrogen-bond donors (Lipinski definition) is 1. The van der Waals surface area contributed by atoms with Crippen LogP contribution in [0.1, 0.15) is 49.8 Å². The summed E-state index contributed by atoms with van der Waals surface area (Å²) in [5, 5.41) is 10.9. The predicted molar refractivity (Wildman–Crippen MR) is 138 cm³/mol. The molecule has 1 N–H and O–H groups in total. The first-order valence-corrected chi connectivity index (χ1v) is 12.0. The van der Waals surface area contributed by atoms with Crippen LogP contribution in [0, 0.1) is 5.92 Å². The lowest BCUT2D eigenvalue weighted by Crippen LogP contribution is -2.46. The molecule has 1 unspecified atom stereocenters. The van der Waals surface area contributed by atoms with Crippen LogP contribution in [-0.2, 0) is 16.8 Å². The summed E-state index contributed by atoms with van der Waals surface area (Å²) in [4.78, 5) is 43.2. The van der Waals surface area contributed by atoms with Crippen LogP contribution in [0.25, 0.3) is 11.4 Å². The van der Waals surface area contributed by atoms with Gasteiger partial charge < -0.3 is 9.73 Å². The largest absolute Gasteiger partial charge is 0.417 e. The summed E-state index contributed by atoms with van der Waals surface area (Å²) in [5.74, 6) is -0.795. The Bertz CT molecular complexity index is 1440. The molecule has 0 aliphatic carbocycles. The number of amides is 1. The van der Waals surface area contributed by atoms with Gasteiger partial charge in [0, 0.05) is 17.8 Å². The fraction of sp³-hybridized carbons (Fsp3) is 0.286. The standard InChI is InChI=1S/C28H29N5O4/c1-18(2)23(24(36)26-31-32-27(37-26)28(3,4)20-13-9-6-10-14-20)30-21(34)17-33-22(35)15-16-29-25(33)19-11-7-5-8-12-19/h5-16,18,23H,17H2,1-4H3,(H,30,34). The molecule has 1 atom stereocenters. The molecule has 9 nitrogen and oxygen atoms in total. The van der Waals surface area contributed by atoms with Gasteiger partial charge in [0.25, 0.3) is 11.4 Å². The lowest BCUT2D eigenvalue weighted by molar-refractivity contribution is -0.122. The molecule has 0 bridgehead atoms. The van der Waals surface area contributed by atoms with E-state index in [1.165, 1.54) is 16.8 Å². The molecule has 9 heteroatoms. The van der Waals surface area contributed by atoms with Gasteiger partial charge in [-0.1, -0.05) is 74.5 Å². The summed E-state index contributed by atoms with van der Waals surface area (Å²) < 4.78 is 7.08. The van der Waals surface area contributed by atoms with E-state index in [-0.39, 0.29) is 23.9 Å². The van der Waals surface area contributed by atoms with Crippen LogP contribution in [0.2, 0.25) is 0 Å². The second-order valence-corrected chi connectivity index (χ2v) is 9.62. The predicted octanol–water partition coefficient (Wildman–Crippen LogP) is 3.64. The van der Waals surface area contributed by atoms with Crippen LogP contribution in [-0.4, -0.2) is 37.5 Å². The number of rotatable bonds is 9. The van der Waals surface area contributed by atoms with E-state index in [0.29, 0.717) is 17.3 Å². The molecule has 0 aliphatic heterocycles. The number of ketones is 1. The maximum atomic E-state index is 13.3. The second kappa shape index (κ2) is 10.7. The Hall–Kier alpha value is -4.40. The van der Waals surface area contributed by atoms with Gasteiger partial charge >= 0.3 is 0 Å². The quantitative estimate of drug-likeness (QED) is 0.349. The first-order chi connectivity index (χ1) is 17.7. The fourth-order valence-corrected chi connectivity index (χ4v) is 3.99. The van der Waals surface area contributed by atoms with Crippen molar-refractivity contribution >= 4 is 11.7 Å². The van der Waals surface area contributed by atoms with Crippen LogP contribution in [0.4, 0.5) is 0 Å². The zero-order valence-corrected chi connectivity index (χ0v) is 21.2. The minimum Gasteiger partial charge on any atom is -0.417 e. The molecule has 1 amide bonds. The van der Waals surface area contributed by atoms with Gasteiger partial charge in [0.2, 0.25) is 17.6 Å². The molecule has 0 aliphatic rings. The monoisotopic (exact) mass is 499 g/mol. The third-order valence-corrected chi connectivity index (χ3v) is 6.20. The van der Waals surface area contributed by atoms with E-state index in [9.17, 15) is 14.4 Å². The number of carbonyl (C=O) groups is 2. The van der Waals surface area contributed by atoms with Gasteiger partial charge in [0.15, 0.2) is 0 Å².